The van der Waals surface area contributed by atoms with Crippen molar-refractivity contribution in [1.82, 2.24) is 10.00 Å². The molecule has 0 aromatic carbocycles. The third kappa shape index (κ3) is 3.09. The van der Waals surface area contributed by atoms with Crippen molar-refractivity contribution in [3.63, 3.8) is 0 Å². The molecule has 4 nitrogen and oxygen atoms in total. The highest BCUT2D eigenvalue weighted by atomic mass is 35.5. The van der Waals surface area contributed by atoms with E-state index in [0.29, 0.717) is 18.2 Å². The van der Waals surface area contributed by atoms with Crippen LogP contribution >= 0.6 is 11.6 Å². The van der Waals surface area contributed by atoms with Crippen LogP contribution in [0.4, 0.5) is 0 Å². The second kappa shape index (κ2) is 5.87. The number of carbonyl (C=O) groups excluding carboxylic acids is 1. The number of nitrogens with zero attached hydrogens (tertiary/aromatic N) is 2. The summed E-state index contributed by atoms with van der Waals surface area (Å²) in [5.74, 6) is 0.00863. The van der Waals surface area contributed by atoms with Crippen LogP contribution in [0.15, 0.2) is 6.08 Å². The van der Waals surface area contributed by atoms with E-state index in [-0.39, 0.29) is 5.91 Å². The van der Waals surface area contributed by atoms with E-state index in [2.05, 4.69) is 5.10 Å². The lowest BCUT2D eigenvalue weighted by Crippen LogP contribution is -2.30. The first-order valence-electron chi connectivity index (χ1n) is 5.72. The zero-order valence-electron chi connectivity index (χ0n) is 10.7. The number of H-pyrrole nitrogens is 1. The number of hydrogen-bond acceptors (Lipinski definition) is 1. The molecule has 0 atom stereocenters. The third-order valence-corrected chi connectivity index (χ3v) is 3.18. The minimum atomic E-state index is 0.00863. The Morgan fingerprint density at radius 2 is 2.06 bits per heavy atom. The first kappa shape index (κ1) is 13.8. The maximum absolute atomic E-state index is 11.8. The first-order chi connectivity index (χ1) is 8.01. The van der Waals surface area contributed by atoms with Gasteiger partial charge in [0.15, 0.2) is 7.05 Å². The van der Waals surface area contributed by atoms with Crippen LogP contribution in [0.1, 0.15) is 25.1 Å². The smallest absolute Gasteiger partial charge is 0.307 e. The molecular formula is C12H19ClN3O+. The zero-order valence-corrected chi connectivity index (χ0v) is 11.5. The Balaban J connectivity index is 2.87. The van der Waals surface area contributed by atoms with Gasteiger partial charge < -0.3 is 4.90 Å². The Morgan fingerprint density at radius 1 is 1.47 bits per heavy atom. The van der Waals surface area contributed by atoms with Crippen molar-refractivity contribution in [3.05, 3.63) is 22.5 Å². The molecule has 5 heteroatoms. The Kier molecular flexibility index (Phi) is 4.75. The molecule has 0 fully saturated rings. The van der Waals surface area contributed by atoms with Crippen molar-refractivity contribution in [2.75, 3.05) is 13.1 Å². The highest BCUT2D eigenvalue weighted by Gasteiger charge is 2.16. The van der Waals surface area contributed by atoms with E-state index in [1.165, 1.54) is 0 Å². The number of aryl methyl sites for hydroxylation is 2. The molecule has 17 heavy (non-hydrogen) atoms. The molecule has 1 N–H and O–H groups in total. The maximum Gasteiger partial charge on any atom is 0.307 e. The van der Waals surface area contributed by atoms with Crippen molar-refractivity contribution in [2.24, 2.45) is 7.05 Å². The SMILES string of the molecule is CCN(CC)C(=O)/C=C/c1c(C)[nH][n+](C)c1Cl. The molecule has 0 aliphatic carbocycles. The van der Waals surface area contributed by atoms with E-state index in [4.69, 9.17) is 11.6 Å². The summed E-state index contributed by atoms with van der Waals surface area (Å²) in [5, 5.41) is 3.67. The third-order valence-electron chi connectivity index (χ3n) is 2.72. The largest absolute Gasteiger partial charge is 0.340 e. The second-order valence-corrected chi connectivity index (χ2v) is 4.20. The van der Waals surface area contributed by atoms with Crippen LogP contribution in [0.5, 0.6) is 0 Å². The molecule has 94 valence electrons. The minimum absolute atomic E-state index is 0.00863. The molecule has 1 heterocycles. The van der Waals surface area contributed by atoms with Gasteiger partial charge in [0.25, 0.3) is 0 Å². The number of likely N-dealkylation sites (N-methyl/N-ethyl adjacent to an activating group) is 1. The lowest BCUT2D eigenvalue weighted by Gasteiger charge is -2.15. The number of aromatic nitrogens is 2. The molecule has 0 radical (unpaired) electrons. The van der Waals surface area contributed by atoms with Crippen LogP contribution in [0.2, 0.25) is 5.15 Å². The average molecular weight is 257 g/mol. The summed E-state index contributed by atoms with van der Waals surface area (Å²) in [6.45, 7) is 7.28. The highest BCUT2D eigenvalue weighted by molar-refractivity contribution is 6.30. The molecule has 0 aliphatic rings. The lowest BCUT2D eigenvalue weighted by atomic mass is 10.2. The van der Waals surface area contributed by atoms with Gasteiger partial charge in [0.2, 0.25) is 5.91 Å². The van der Waals surface area contributed by atoms with Crippen LogP contribution in [0.25, 0.3) is 6.08 Å². The van der Waals surface area contributed by atoms with Crippen molar-refractivity contribution in [2.45, 2.75) is 20.8 Å². The summed E-state index contributed by atoms with van der Waals surface area (Å²) in [6, 6.07) is 0. The monoisotopic (exact) mass is 256 g/mol. The Labute approximate surface area is 107 Å². The summed E-state index contributed by atoms with van der Waals surface area (Å²) < 4.78 is 1.72. The van der Waals surface area contributed by atoms with Gasteiger partial charge in [-0.2, -0.15) is 5.10 Å². The number of amides is 1. The van der Waals surface area contributed by atoms with Gasteiger partial charge >= 0.3 is 5.15 Å². The normalized spacial score (nSPS) is 11.1. The lowest BCUT2D eigenvalue weighted by molar-refractivity contribution is -0.725. The standard InChI is InChI=1S/C12H18ClN3O/c1-5-16(6-2)11(17)8-7-10-9(3)14-15(4)12(10)13/h7-8H,5-6H2,1-4H3/p+1/b8-7+. The van der Waals surface area contributed by atoms with Crippen LogP contribution in [-0.4, -0.2) is 29.0 Å². The number of carbonyl (C=O) groups is 1. The Morgan fingerprint density at radius 3 is 2.47 bits per heavy atom. The van der Waals surface area contributed by atoms with E-state index < -0.39 is 0 Å². The van der Waals surface area contributed by atoms with Gasteiger partial charge in [0, 0.05) is 19.2 Å². The number of hydrogen-bond donors (Lipinski definition) is 1. The van der Waals surface area contributed by atoms with Crippen molar-refractivity contribution in [1.29, 1.82) is 0 Å². The molecule has 0 saturated heterocycles. The predicted octanol–water partition coefficient (Wildman–Crippen LogP) is 1.68. The zero-order chi connectivity index (χ0) is 13.0. The van der Waals surface area contributed by atoms with Crippen LogP contribution in [0.3, 0.4) is 0 Å². The van der Waals surface area contributed by atoms with Crippen LogP contribution < -0.4 is 4.68 Å². The van der Waals surface area contributed by atoms with Crippen molar-refractivity contribution in [3.8, 4) is 0 Å². The fraction of sp³-hybridized carbons (Fsp3) is 0.500. The number of halogens is 1. The molecule has 1 rings (SSSR count). The number of rotatable bonds is 4. The minimum Gasteiger partial charge on any atom is -0.340 e. The first-order valence-corrected chi connectivity index (χ1v) is 6.10. The molecular weight excluding hydrogens is 238 g/mol. The van der Waals surface area contributed by atoms with E-state index in [1.807, 2.05) is 27.8 Å². The van der Waals surface area contributed by atoms with Crippen molar-refractivity contribution < 1.29 is 9.48 Å². The fourth-order valence-corrected chi connectivity index (χ4v) is 1.93. The van der Waals surface area contributed by atoms with Gasteiger partial charge in [-0.05, 0) is 38.4 Å². The van der Waals surface area contributed by atoms with Gasteiger partial charge in [-0.1, -0.05) is 0 Å². The number of nitrogens with one attached hydrogen (secondary N) is 1. The molecule has 0 bridgehead atoms. The van der Waals surface area contributed by atoms with Gasteiger partial charge in [-0.15, -0.1) is 4.68 Å². The summed E-state index contributed by atoms with van der Waals surface area (Å²) in [4.78, 5) is 13.5. The maximum atomic E-state index is 11.8. The highest BCUT2D eigenvalue weighted by Crippen LogP contribution is 2.15. The van der Waals surface area contributed by atoms with E-state index in [1.54, 1.807) is 21.7 Å². The number of aromatic amines is 1. The van der Waals surface area contributed by atoms with Gasteiger partial charge in [-0.25, -0.2) is 0 Å². The Hall–Kier alpha value is -1.29. The summed E-state index contributed by atoms with van der Waals surface area (Å²) in [7, 11) is 1.83. The summed E-state index contributed by atoms with van der Waals surface area (Å²) >= 11 is 6.10. The molecule has 1 aromatic rings. The summed E-state index contributed by atoms with van der Waals surface area (Å²) in [5.41, 5.74) is 1.80. The molecule has 1 amide bonds. The van der Waals surface area contributed by atoms with E-state index in [9.17, 15) is 4.79 Å². The predicted molar refractivity (Wildman–Crippen MR) is 68.7 cm³/mol. The molecule has 0 spiro atoms. The molecule has 1 aromatic heterocycles. The van der Waals surface area contributed by atoms with E-state index in [0.717, 1.165) is 11.3 Å². The Bertz CT molecular complexity index is 433. The van der Waals surface area contributed by atoms with Gasteiger partial charge in [0.05, 0.1) is 11.3 Å². The van der Waals surface area contributed by atoms with Gasteiger partial charge in [-0.3, -0.25) is 4.79 Å². The topological polar surface area (TPSA) is 40.0 Å². The van der Waals surface area contributed by atoms with Crippen molar-refractivity contribution >= 4 is 23.6 Å². The quantitative estimate of drug-likeness (QED) is 0.646. The second-order valence-electron chi connectivity index (χ2n) is 3.84. The molecule has 0 saturated carbocycles. The fourth-order valence-electron chi connectivity index (χ4n) is 1.69. The van der Waals surface area contributed by atoms with Crippen LogP contribution in [0, 0.1) is 6.92 Å². The summed E-state index contributed by atoms with van der Waals surface area (Å²) in [6.07, 6.45) is 3.32. The van der Waals surface area contributed by atoms with Gasteiger partial charge in [0.1, 0.15) is 0 Å². The van der Waals surface area contributed by atoms with E-state index >= 15 is 0 Å². The average Bonchev–Trinajstić information content (AvgIpc) is 2.53. The molecule has 0 aliphatic heterocycles. The van der Waals surface area contributed by atoms with Crippen LogP contribution in [-0.2, 0) is 11.8 Å². The molecule has 0 unspecified atom stereocenters.